The van der Waals surface area contributed by atoms with Gasteiger partial charge in [-0.25, -0.2) is 4.39 Å². The molecule has 1 N–H and O–H groups in total. The highest BCUT2D eigenvalue weighted by atomic mass is 19.3. The maximum absolute atomic E-state index is 13.5. The van der Waals surface area contributed by atoms with Crippen LogP contribution < -0.4 is 14.8 Å². The summed E-state index contributed by atoms with van der Waals surface area (Å²) in [6.07, 6.45) is 0.422. The molecule has 1 amide bonds. The van der Waals surface area contributed by atoms with Crippen LogP contribution in [0.15, 0.2) is 42.5 Å². The van der Waals surface area contributed by atoms with E-state index in [9.17, 15) is 18.0 Å². The molecule has 2 aromatic rings. The number of carbonyl (C=O) groups is 1. The number of benzene rings is 2. The number of ether oxygens (including phenoxy) is 2. The third kappa shape index (κ3) is 5.70. The monoisotopic (exact) mass is 353 g/mol. The minimum Gasteiger partial charge on any atom is -0.493 e. The van der Waals surface area contributed by atoms with Crippen LogP contribution in [0.5, 0.6) is 11.5 Å². The number of amides is 1. The van der Waals surface area contributed by atoms with Gasteiger partial charge < -0.3 is 14.8 Å². The van der Waals surface area contributed by atoms with Gasteiger partial charge in [0.1, 0.15) is 5.82 Å². The summed E-state index contributed by atoms with van der Waals surface area (Å²) in [6, 6.07) is 10.7. The first-order chi connectivity index (χ1) is 12.0. The Morgan fingerprint density at radius 3 is 2.60 bits per heavy atom. The van der Waals surface area contributed by atoms with Gasteiger partial charge in [-0.2, -0.15) is 8.78 Å². The number of hydrogen-bond donors (Lipinski definition) is 1. The molecule has 25 heavy (non-hydrogen) atoms. The summed E-state index contributed by atoms with van der Waals surface area (Å²) < 4.78 is 47.4. The Hall–Kier alpha value is -2.70. The van der Waals surface area contributed by atoms with Crippen LogP contribution in [0, 0.1) is 5.82 Å². The number of hydrogen-bond acceptors (Lipinski definition) is 3. The van der Waals surface area contributed by atoms with Gasteiger partial charge in [-0.05, 0) is 35.7 Å². The van der Waals surface area contributed by atoms with Gasteiger partial charge in [0.15, 0.2) is 11.5 Å². The zero-order chi connectivity index (χ0) is 18.2. The normalized spacial score (nSPS) is 10.6. The number of nitrogens with one attached hydrogen (secondary N) is 1. The molecule has 7 heteroatoms. The van der Waals surface area contributed by atoms with Crippen LogP contribution >= 0.6 is 0 Å². The Labute approximate surface area is 143 Å². The molecule has 0 atom stereocenters. The van der Waals surface area contributed by atoms with Crippen molar-refractivity contribution in [3.05, 3.63) is 59.4 Å². The molecule has 4 nitrogen and oxygen atoms in total. The van der Waals surface area contributed by atoms with E-state index in [4.69, 9.17) is 4.74 Å². The third-order valence-corrected chi connectivity index (χ3v) is 3.49. The fourth-order valence-electron chi connectivity index (χ4n) is 2.28. The lowest BCUT2D eigenvalue weighted by molar-refractivity contribution is -0.120. The summed E-state index contributed by atoms with van der Waals surface area (Å²) in [5.41, 5.74) is 1.11. The standard InChI is InChI=1S/C18H18F3NO3/c1-24-16-10-12(6-7-15(16)25-18(20)21)8-9-22-17(23)11-13-4-2-3-5-14(13)19/h2-7,10,18H,8-9,11H2,1H3,(H,22,23). The number of alkyl halides is 2. The summed E-state index contributed by atoms with van der Waals surface area (Å²) in [6.45, 7) is -2.61. The van der Waals surface area contributed by atoms with E-state index in [2.05, 4.69) is 10.1 Å². The second-order valence-electron chi connectivity index (χ2n) is 5.23. The second kappa shape index (κ2) is 8.96. The fraction of sp³-hybridized carbons (Fsp3) is 0.278. The van der Waals surface area contributed by atoms with Crippen molar-refractivity contribution in [3.8, 4) is 11.5 Å². The molecule has 2 aromatic carbocycles. The molecule has 0 aliphatic carbocycles. The summed E-state index contributed by atoms with van der Waals surface area (Å²) in [4.78, 5) is 11.8. The van der Waals surface area contributed by atoms with E-state index >= 15 is 0 Å². The Morgan fingerprint density at radius 1 is 1.16 bits per heavy atom. The van der Waals surface area contributed by atoms with Gasteiger partial charge in [0.2, 0.25) is 5.91 Å². The van der Waals surface area contributed by atoms with Crippen molar-refractivity contribution in [1.29, 1.82) is 0 Å². The van der Waals surface area contributed by atoms with Crippen molar-refractivity contribution in [3.63, 3.8) is 0 Å². The predicted molar refractivity (Wildman–Crippen MR) is 86.4 cm³/mol. The van der Waals surface area contributed by atoms with E-state index in [-0.39, 0.29) is 23.8 Å². The Morgan fingerprint density at radius 2 is 1.92 bits per heavy atom. The highest BCUT2D eigenvalue weighted by molar-refractivity contribution is 5.78. The van der Waals surface area contributed by atoms with Crippen molar-refractivity contribution in [2.24, 2.45) is 0 Å². The lowest BCUT2D eigenvalue weighted by Crippen LogP contribution is -2.27. The lowest BCUT2D eigenvalue weighted by atomic mass is 10.1. The Kier molecular flexibility index (Phi) is 6.68. The van der Waals surface area contributed by atoms with Crippen LogP contribution in [-0.2, 0) is 17.6 Å². The molecule has 0 aliphatic heterocycles. The zero-order valence-corrected chi connectivity index (χ0v) is 13.6. The molecule has 0 bridgehead atoms. The number of methoxy groups -OCH3 is 1. The van der Waals surface area contributed by atoms with E-state index in [1.54, 1.807) is 30.3 Å². The molecule has 0 aromatic heterocycles. The summed E-state index contributed by atoms with van der Waals surface area (Å²) in [5, 5.41) is 2.69. The maximum Gasteiger partial charge on any atom is 0.387 e. The summed E-state index contributed by atoms with van der Waals surface area (Å²) in [7, 11) is 1.35. The molecule has 0 spiro atoms. The van der Waals surface area contributed by atoms with Gasteiger partial charge in [0, 0.05) is 6.54 Å². The van der Waals surface area contributed by atoms with E-state index in [0.717, 1.165) is 5.56 Å². The quantitative estimate of drug-likeness (QED) is 0.792. The van der Waals surface area contributed by atoms with Crippen LogP contribution in [0.4, 0.5) is 13.2 Å². The minimum atomic E-state index is -2.93. The SMILES string of the molecule is COc1cc(CCNC(=O)Cc2ccccc2F)ccc1OC(F)F. The Bertz CT molecular complexity index is 722. The highest BCUT2D eigenvalue weighted by Crippen LogP contribution is 2.29. The van der Waals surface area contributed by atoms with Gasteiger partial charge in [0.05, 0.1) is 13.5 Å². The largest absolute Gasteiger partial charge is 0.493 e. The van der Waals surface area contributed by atoms with Crippen molar-refractivity contribution < 1.29 is 27.4 Å². The van der Waals surface area contributed by atoms with Crippen LogP contribution in [0.3, 0.4) is 0 Å². The first kappa shape index (κ1) is 18.6. The average Bonchev–Trinajstić information content (AvgIpc) is 2.57. The Balaban J connectivity index is 1.87. The molecule has 0 unspecified atom stereocenters. The van der Waals surface area contributed by atoms with Gasteiger partial charge in [0.25, 0.3) is 0 Å². The average molecular weight is 353 g/mol. The number of rotatable bonds is 8. The van der Waals surface area contributed by atoms with Gasteiger partial charge >= 0.3 is 6.61 Å². The molecule has 0 radical (unpaired) electrons. The van der Waals surface area contributed by atoms with E-state index in [0.29, 0.717) is 18.5 Å². The van der Waals surface area contributed by atoms with Crippen LogP contribution in [0.2, 0.25) is 0 Å². The topological polar surface area (TPSA) is 47.6 Å². The van der Waals surface area contributed by atoms with Gasteiger partial charge in [-0.1, -0.05) is 24.3 Å². The molecule has 0 fully saturated rings. The predicted octanol–water partition coefficient (Wildman–Crippen LogP) is 3.34. The molecule has 0 saturated carbocycles. The first-order valence-electron chi connectivity index (χ1n) is 7.61. The molecular formula is C18H18F3NO3. The maximum atomic E-state index is 13.5. The molecule has 0 saturated heterocycles. The highest BCUT2D eigenvalue weighted by Gasteiger charge is 2.11. The van der Waals surface area contributed by atoms with Gasteiger partial charge in [-0.3, -0.25) is 4.79 Å². The summed E-state index contributed by atoms with van der Waals surface area (Å²) in [5.74, 6) is -0.577. The van der Waals surface area contributed by atoms with E-state index in [1.165, 1.54) is 19.2 Å². The minimum absolute atomic E-state index is 0.0445. The van der Waals surface area contributed by atoms with Crippen molar-refractivity contribution >= 4 is 5.91 Å². The molecule has 0 aliphatic rings. The van der Waals surface area contributed by atoms with Crippen molar-refractivity contribution in [2.75, 3.05) is 13.7 Å². The van der Waals surface area contributed by atoms with Crippen molar-refractivity contribution in [1.82, 2.24) is 5.32 Å². The lowest BCUT2D eigenvalue weighted by Gasteiger charge is -2.12. The number of halogens is 3. The van der Waals surface area contributed by atoms with E-state index < -0.39 is 12.4 Å². The molecule has 2 rings (SSSR count). The van der Waals surface area contributed by atoms with Crippen LogP contribution in [0.25, 0.3) is 0 Å². The van der Waals surface area contributed by atoms with Crippen LogP contribution in [0.1, 0.15) is 11.1 Å². The fourth-order valence-corrected chi connectivity index (χ4v) is 2.28. The molecule has 134 valence electrons. The van der Waals surface area contributed by atoms with Gasteiger partial charge in [-0.15, -0.1) is 0 Å². The second-order valence-corrected chi connectivity index (χ2v) is 5.23. The smallest absolute Gasteiger partial charge is 0.387 e. The number of carbonyl (C=O) groups excluding carboxylic acids is 1. The zero-order valence-electron chi connectivity index (χ0n) is 13.6. The molecular weight excluding hydrogens is 335 g/mol. The third-order valence-electron chi connectivity index (χ3n) is 3.49. The first-order valence-corrected chi connectivity index (χ1v) is 7.61. The van der Waals surface area contributed by atoms with E-state index in [1.807, 2.05) is 0 Å². The molecule has 0 heterocycles. The summed E-state index contributed by atoms with van der Waals surface area (Å²) >= 11 is 0. The van der Waals surface area contributed by atoms with Crippen LogP contribution in [-0.4, -0.2) is 26.2 Å². The van der Waals surface area contributed by atoms with Crippen molar-refractivity contribution in [2.45, 2.75) is 19.5 Å².